The van der Waals surface area contributed by atoms with Gasteiger partial charge in [-0.15, -0.1) is 0 Å². The zero-order chi connectivity index (χ0) is 13.8. The lowest BCUT2D eigenvalue weighted by Crippen LogP contribution is -2.10. The lowest BCUT2D eigenvalue weighted by Gasteiger charge is -2.13. The molecule has 0 saturated carbocycles. The number of aryl methyl sites for hydroxylation is 1. The number of halogens is 1. The van der Waals surface area contributed by atoms with Gasteiger partial charge in [-0.1, -0.05) is 23.7 Å². The fraction of sp³-hybridized carbons (Fsp3) is 0.357. The molecule has 0 aliphatic carbocycles. The number of ether oxygens (including phenoxy) is 1. The van der Waals surface area contributed by atoms with Gasteiger partial charge in [-0.25, -0.2) is 0 Å². The zero-order valence-corrected chi connectivity index (χ0v) is 11.8. The van der Waals surface area contributed by atoms with Crippen molar-refractivity contribution in [2.45, 2.75) is 26.0 Å². The number of benzene rings is 1. The molecule has 1 heterocycles. The average molecular weight is 281 g/mol. The van der Waals surface area contributed by atoms with E-state index in [9.17, 15) is 5.11 Å². The van der Waals surface area contributed by atoms with Crippen LogP contribution in [0.2, 0.25) is 5.02 Å². The minimum atomic E-state index is -0.664. The van der Waals surface area contributed by atoms with Crippen molar-refractivity contribution in [3.8, 4) is 5.75 Å². The number of hydrogen-bond donors (Lipinski definition) is 1. The van der Waals surface area contributed by atoms with Crippen molar-refractivity contribution < 1.29 is 9.84 Å². The van der Waals surface area contributed by atoms with Gasteiger partial charge in [0.05, 0.1) is 24.0 Å². The van der Waals surface area contributed by atoms with Gasteiger partial charge >= 0.3 is 0 Å². The molecular weight excluding hydrogens is 264 g/mol. The van der Waals surface area contributed by atoms with Gasteiger partial charge in [-0.3, -0.25) is 4.68 Å². The van der Waals surface area contributed by atoms with E-state index in [2.05, 4.69) is 5.10 Å². The Kier molecular flexibility index (Phi) is 4.45. The molecule has 102 valence electrons. The smallest absolute Gasteiger partial charge is 0.118 e. The van der Waals surface area contributed by atoms with Crippen molar-refractivity contribution in [2.75, 3.05) is 7.11 Å². The molecule has 2 aromatic rings. The Balaban J connectivity index is 2.15. The predicted octanol–water partition coefficient (Wildman–Crippen LogP) is 2.84. The van der Waals surface area contributed by atoms with Crippen LogP contribution in [-0.4, -0.2) is 22.0 Å². The first-order valence-corrected chi connectivity index (χ1v) is 6.55. The first-order valence-electron chi connectivity index (χ1n) is 6.18. The molecule has 0 saturated heterocycles. The minimum Gasteiger partial charge on any atom is -0.497 e. The van der Waals surface area contributed by atoms with Gasteiger partial charge in [-0.05, 0) is 24.6 Å². The second-order valence-electron chi connectivity index (χ2n) is 4.26. The van der Waals surface area contributed by atoms with Crippen molar-refractivity contribution in [3.63, 3.8) is 0 Å². The monoisotopic (exact) mass is 280 g/mol. The van der Waals surface area contributed by atoms with Gasteiger partial charge in [-0.2, -0.15) is 5.10 Å². The molecule has 1 aromatic carbocycles. The summed E-state index contributed by atoms with van der Waals surface area (Å²) in [5.74, 6) is 0.801. The second-order valence-corrected chi connectivity index (χ2v) is 4.67. The molecule has 1 aromatic heterocycles. The highest BCUT2D eigenvalue weighted by Gasteiger charge is 2.17. The quantitative estimate of drug-likeness (QED) is 0.916. The van der Waals surface area contributed by atoms with Gasteiger partial charge < -0.3 is 9.84 Å². The minimum absolute atomic E-state index is 0.495. The third-order valence-corrected chi connectivity index (χ3v) is 3.33. The summed E-state index contributed by atoms with van der Waals surface area (Å²) in [6.45, 7) is 2.65. The highest BCUT2D eigenvalue weighted by atomic mass is 35.5. The number of aliphatic hydroxyl groups excluding tert-OH is 1. The van der Waals surface area contributed by atoms with Crippen molar-refractivity contribution >= 4 is 11.6 Å². The summed E-state index contributed by atoms with van der Waals surface area (Å²) < 4.78 is 6.82. The van der Waals surface area contributed by atoms with Crippen LogP contribution < -0.4 is 4.74 Å². The van der Waals surface area contributed by atoms with Crippen molar-refractivity contribution in [2.24, 2.45) is 0 Å². The third-order valence-electron chi connectivity index (χ3n) is 3.04. The van der Waals surface area contributed by atoms with Crippen molar-refractivity contribution in [3.05, 3.63) is 46.7 Å². The number of aliphatic hydroxyl groups is 1. The van der Waals surface area contributed by atoms with Gasteiger partial charge in [0.15, 0.2) is 0 Å². The molecule has 0 spiro atoms. The molecule has 0 aliphatic rings. The van der Waals surface area contributed by atoms with E-state index in [1.165, 1.54) is 0 Å². The van der Waals surface area contributed by atoms with Gasteiger partial charge in [0.25, 0.3) is 0 Å². The van der Waals surface area contributed by atoms with Crippen LogP contribution >= 0.6 is 11.6 Å². The fourth-order valence-corrected chi connectivity index (χ4v) is 2.30. The second kappa shape index (κ2) is 6.08. The molecule has 4 nitrogen and oxygen atoms in total. The summed E-state index contributed by atoms with van der Waals surface area (Å²) >= 11 is 6.07. The Hall–Kier alpha value is -1.52. The number of methoxy groups -OCH3 is 1. The van der Waals surface area contributed by atoms with E-state index in [1.54, 1.807) is 18.0 Å². The SMILES string of the molecule is CCn1ncc(Cl)c1C(O)Cc1ccc(OC)cc1. The highest BCUT2D eigenvalue weighted by molar-refractivity contribution is 6.31. The van der Waals surface area contributed by atoms with Gasteiger partial charge in [0, 0.05) is 13.0 Å². The van der Waals surface area contributed by atoms with E-state index in [0.29, 0.717) is 23.7 Å². The van der Waals surface area contributed by atoms with E-state index in [-0.39, 0.29) is 0 Å². The molecular formula is C14H17ClN2O2. The normalized spacial score (nSPS) is 12.4. The maximum absolute atomic E-state index is 10.3. The maximum atomic E-state index is 10.3. The molecule has 1 unspecified atom stereocenters. The molecule has 0 radical (unpaired) electrons. The lowest BCUT2D eigenvalue weighted by atomic mass is 10.1. The van der Waals surface area contributed by atoms with Gasteiger partial charge in [0.2, 0.25) is 0 Å². The van der Waals surface area contributed by atoms with Crippen LogP contribution in [0.25, 0.3) is 0 Å². The van der Waals surface area contributed by atoms with E-state index >= 15 is 0 Å². The summed E-state index contributed by atoms with van der Waals surface area (Å²) in [6.07, 6.45) is 1.40. The molecule has 0 amide bonds. The van der Waals surface area contributed by atoms with Crippen LogP contribution in [0.1, 0.15) is 24.3 Å². The summed E-state index contributed by atoms with van der Waals surface area (Å²) in [5, 5.41) is 14.9. The van der Waals surface area contributed by atoms with E-state index in [0.717, 1.165) is 11.3 Å². The topological polar surface area (TPSA) is 47.3 Å². The highest BCUT2D eigenvalue weighted by Crippen LogP contribution is 2.26. The van der Waals surface area contributed by atoms with Crippen molar-refractivity contribution in [1.29, 1.82) is 0 Å². The van der Waals surface area contributed by atoms with Crippen LogP contribution in [0.3, 0.4) is 0 Å². The number of nitrogens with zero attached hydrogens (tertiary/aromatic N) is 2. The maximum Gasteiger partial charge on any atom is 0.118 e. The van der Waals surface area contributed by atoms with Crippen LogP contribution in [0.4, 0.5) is 0 Å². The third kappa shape index (κ3) is 3.08. The summed E-state index contributed by atoms with van der Waals surface area (Å²) in [4.78, 5) is 0. The molecule has 0 fully saturated rings. The zero-order valence-electron chi connectivity index (χ0n) is 11.0. The van der Waals surface area contributed by atoms with Crippen molar-refractivity contribution in [1.82, 2.24) is 9.78 Å². The molecule has 5 heteroatoms. The lowest BCUT2D eigenvalue weighted by molar-refractivity contribution is 0.167. The first-order chi connectivity index (χ1) is 9.15. The Bertz CT molecular complexity index is 537. The van der Waals surface area contributed by atoms with Crippen LogP contribution in [0.5, 0.6) is 5.75 Å². The molecule has 2 rings (SSSR count). The standard InChI is InChI=1S/C14H17ClN2O2/c1-3-17-14(12(15)9-16-17)13(18)8-10-4-6-11(19-2)7-5-10/h4-7,9,13,18H,3,8H2,1-2H3. The summed E-state index contributed by atoms with van der Waals surface area (Å²) in [6, 6.07) is 7.62. The average Bonchev–Trinajstić information content (AvgIpc) is 2.80. The first kappa shape index (κ1) is 13.9. The molecule has 1 atom stereocenters. The molecule has 19 heavy (non-hydrogen) atoms. The van der Waals surface area contributed by atoms with Crippen LogP contribution in [-0.2, 0) is 13.0 Å². The van der Waals surface area contributed by atoms with E-state index in [4.69, 9.17) is 16.3 Å². The van der Waals surface area contributed by atoms with E-state index in [1.807, 2.05) is 31.2 Å². The molecule has 1 N–H and O–H groups in total. The molecule has 0 bridgehead atoms. The van der Waals surface area contributed by atoms with Crippen LogP contribution in [0.15, 0.2) is 30.5 Å². The predicted molar refractivity (Wildman–Crippen MR) is 74.6 cm³/mol. The Morgan fingerprint density at radius 3 is 2.63 bits per heavy atom. The number of rotatable bonds is 5. The number of hydrogen-bond acceptors (Lipinski definition) is 3. The Morgan fingerprint density at radius 2 is 2.05 bits per heavy atom. The molecule has 0 aliphatic heterocycles. The van der Waals surface area contributed by atoms with Crippen LogP contribution in [0, 0.1) is 0 Å². The fourth-order valence-electron chi connectivity index (χ4n) is 2.04. The Labute approximate surface area is 117 Å². The Morgan fingerprint density at radius 1 is 1.37 bits per heavy atom. The van der Waals surface area contributed by atoms with Gasteiger partial charge in [0.1, 0.15) is 11.9 Å². The number of aromatic nitrogens is 2. The largest absolute Gasteiger partial charge is 0.497 e. The van der Waals surface area contributed by atoms with E-state index < -0.39 is 6.10 Å². The summed E-state index contributed by atoms with van der Waals surface area (Å²) in [7, 11) is 1.63. The summed E-state index contributed by atoms with van der Waals surface area (Å²) in [5.41, 5.74) is 1.69.